The first-order valence-corrected chi connectivity index (χ1v) is 26.0. The Kier molecular flexibility index (Phi) is 13.6. The zero-order valence-electron chi connectivity index (χ0n) is 43.7. The summed E-state index contributed by atoms with van der Waals surface area (Å²) < 4.78 is 2.81. The van der Waals surface area contributed by atoms with Crippen LogP contribution in [-0.4, -0.2) is 20.1 Å². The molecule has 8 rings (SSSR count). The molecule has 2 aromatic heterocycles. The largest absolute Gasteiger partial charge is 0.255 e. The molecule has 6 aromatic carbocycles. The lowest BCUT2D eigenvalue weighted by atomic mass is 9.32. The van der Waals surface area contributed by atoms with Gasteiger partial charge in [0.15, 0.2) is 0 Å². The van der Waals surface area contributed by atoms with Gasteiger partial charge in [0, 0.05) is 9.75 Å². The van der Waals surface area contributed by atoms with Gasteiger partial charge in [-0.05, 0) is 140 Å². The zero-order valence-corrected chi connectivity index (χ0v) is 45.3. The minimum Gasteiger partial charge on any atom is -0.149 e. The number of benzene rings is 6. The average molecular weight is 911 g/mol. The summed E-state index contributed by atoms with van der Waals surface area (Å²) in [6.07, 6.45) is 0. The number of hydrogen-bond acceptors (Lipinski definition) is 2. The molecular formula is C62H69B3S2. The molecule has 0 aliphatic carbocycles. The van der Waals surface area contributed by atoms with Gasteiger partial charge >= 0.3 is 0 Å². The van der Waals surface area contributed by atoms with Crippen LogP contribution in [0.2, 0.25) is 0 Å². The molecule has 0 fully saturated rings. The predicted octanol–water partition coefficient (Wildman–Crippen LogP) is 10.6. The fraction of sp³-hybridized carbons (Fsp3) is 0.290. The molecular weight excluding hydrogens is 841 g/mol. The Hall–Kier alpha value is -5.09. The lowest BCUT2D eigenvalue weighted by Gasteiger charge is -2.25. The molecule has 2 heterocycles. The summed E-state index contributed by atoms with van der Waals surface area (Å²) in [6.45, 7) is 41.7. The van der Waals surface area contributed by atoms with E-state index in [-0.39, 0.29) is 20.1 Å². The number of aryl methyl sites for hydroxylation is 18. The Morgan fingerprint density at radius 1 is 0.254 bits per heavy atom. The van der Waals surface area contributed by atoms with E-state index in [2.05, 4.69) is 216 Å². The van der Waals surface area contributed by atoms with Gasteiger partial charge in [-0.2, -0.15) is 0 Å². The van der Waals surface area contributed by atoms with E-state index in [4.69, 9.17) is 0 Å². The van der Waals surface area contributed by atoms with Crippen molar-refractivity contribution in [1.82, 2.24) is 0 Å². The van der Waals surface area contributed by atoms with Gasteiger partial charge < -0.3 is 0 Å². The Balaban J connectivity index is 1.50. The van der Waals surface area contributed by atoms with Crippen molar-refractivity contribution in [2.75, 3.05) is 0 Å². The van der Waals surface area contributed by atoms with Crippen LogP contribution in [0.15, 0.2) is 91.0 Å². The van der Waals surface area contributed by atoms with Crippen LogP contribution in [0.25, 0.3) is 9.75 Å². The van der Waals surface area contributed by atoms with Crippen LogP contribution >= 0.6 is 22.7 Å². The molecule has 0 aliphatic heterocycles. The van der Waals surface area contributed by atoms with E-state index >= 15 is 0 Å². The summed E-state index contributed by atoms with van der Waals surface area (Å²) in [5, 5.41) is 0. The molecule has 0 radical (unpaired) electrons. The van der Waals surface area contributed by atoms with Crippen molar-refractivity contribution < 1.29 is 0 Å². The van der Waals surface area contributed by atoms with E-state index in [0.29, 0.717) is 0 Å². The summed E-state index contributed by atoms with van der Waals surface area (Å²) in [4.78, 5) is 2.73. The normalized spacial score (nSPS) is 11.4. The van der Waals surface area contributed by atoms with Crippen molar-refractivity contribution in [2.45, 2.75) is 125 Å². The smallest absolute Gasteiger partial charge is 0.149 e. The fourth-order valence-electron chi connectivity index (χ4n) is 12.8. The van der Waals surface area contributed by atoms with Crippen LogP contribution in [0.3, 0.4) is 0 Å². The molecule has 5 heteroatoms. The second-order valence-electron chi connectivity index (χ2n) is 20.8. The van der Waals surface area contributed by atoms with Crippen molar-refractivity contribution in [2.24, 2.45) is 0 Å². The van der Waals surface area contributed by atoms with Gasteiger partial charge in [0.05, 0.1) is 0 Å². The second kappa shape index (κ2) is 18.8. The predicted molar refractivity (Wildman–Crippen MR) is 306 cm³/mol. The standard InChI is InChI=1S/C62H69B3S2/c1-34-21-40(7)56(41(8)22-34)63(57-42(9)23-35(2)24-43(57)10)52-33-55(65(60-48(15)29-38(5)30-49(60)16)61-50(17)31-39(6)32-51(61)18)67-62(52)53-19-20-54(66-53)64(58-44(11)25-36(3)26-45(58)12)59-46(13)27-37(4)28-47(59)14/h19-33H,1-18H3. The van der Waals surface area contributed by atoms with Crippen LogP contribution < -0.4 is 47.8 Å². The maximum atomic E-state index is 2.67. The lowest BCUT2D eigenvalue weighted by molar-refractivity contribution is 1.34. The van der Waals surface area contributed by atoms with Gasteiger partial charge in [-0.1, -0.05) is 223 Å². The number of rotatable bonds is 10. The average Bonchev–Trinajstić information content (AvgIpc) is 3.85. The Morgan fingerprint density at radius 3 is 0.761 bits per heavy atom. The minimum atomic E-state index is 0.0341. The number of hydrogen-bond donors (Lipinski definition) is 0. The number of thiophene rings is 2. The molecule has 0 spiro atoms. The highest BCUT2D eigenvalue weighted by atomic mass is 32.1. The molecule has 67 heavy (non-hydrogen) atoms. The molecule has 0 unspecified atom stereocenters. The first kappa shape index (κ1) is 48.4. The van der Waals surface area contributed by atoms with E-state index in [1.807, 2.05) is 22.7 Å². The molecule has 0 atom stereocenters. The Morgan fingerprint density at radius 2 is 0.493 bits per heavy atom. The van der Waals surface area contributed by atoms with Crippen molar-refractivity contribution >= 4 is 90.6 Å². The molecule has 0 saturated heterocycles. The molecule has 0 N–H and O–H groups in total. The van der Waals surface area contributed by atoms with E-state index < -0.39 is 0 Å². The quantitative estimate of drug-likeness (QED) is 0.120. The highest BCUT2D eigenvalue weighted by molar-refractivity contribution is 7.35. The van der Waals surface area contributed by atoms with Gasteiger partial charge in [0.2, 0.25) is 6.71 Å². The molecule has 338 valence electrons. The third kappa shape index (κ3) is 9.16. The maximum Gasteiger partial charge on any atom is 0.255 e. The monoisotopic (exact) mass is 911 g/mol. The van der Waals surface area contributed by atoms with Crippen molar-refractivity contribution in [3.05, 3.63) is 191 Å². The molecule has 0 bridgehead atoms. The summed E-state index contributed by atoms with van der Waals surface area (Å²) in [7, 11) is 0. The highest BCUT2D eigenvalue weighted by Crippen LogP contribution is 2.30. The third-order valence-corrected chi connectivity index (χ3v) is 17.2. The topological polar surface area (TPSA) is 0 Å². The first-order valence-electron chi connectivity index (χ1n) is 24.3. The zero-order chi connectivity index (χ0) is 48.5. The fourth-order valence-corrected chi connectivity index (χ4v) is 15.4. The van der Waals surface area contributed by atoms with Gasteiger partial charge in [-0.25, -0.2) is 0 Å². The molecule has 0 amide bonds. The Labute approximate surface area is 413 Å². The first-order chi connectivity index (χ1) is 31.6. The molecule has 0 aliphatic rings. The van der Waals surface area contributed by atoms with Crippen LogP contribution in [0.1, 0.15) is 100 Å². The minimum absolute atomic E-state index is 0.0341. The van der Waals surface area contributed by atoms with Crippen LogP contribution in [0.4, 0.5) is 0 Å². The van der Waals surface area contributed by atoms with Gasteiger partial charge in [-0.3, -0.25) is 0 Å². The summed E-state index contributed by atoms with van der Waals surface area (Å²) >= 11 is 4.06. The lowest BCUT2D eigenvalue weighted by Crippen LogP contribution is -2.57. The van der Waals surface area contributed by atoms with Gasteiger partial charge in [-0.15, -0.1) is 22.7 Å². The highest BCUT2D eigenvalue weighted by Gasteiger charge is 2.37. The van der Waals surface area contributed by atoms with Crippen LogP contribution in [-0.2, 0) is 0 Å². The molecule has 8 aromatic rings. The SMILES string of the molecule is Cc1cc(C)c(B(c2ccc(-c3sc(B(c4c(C)cc(C)cc4C)c4c(C)cc(C)cc4C)cc3B(c3c(C)cc(C)cc3C)c3c(C)cc(C)cc3C)s2)c2c(C)cc(C)cc2C)c(C)c1. The summed E-state index contributed by atoms with van der Waals surface area (Å²) in [5.41, 5.74) is 34.2. The maximum absolute atomic E-state index is 2.67. The summed E-state index contributed by atoms with van der Waals surface area (Å²) in [6, 6.07) is 36.4. The Bertz CT molecular complexity index is 2930. The third-order valence-electron chi connectivity index (χ3n) is 14.7. The van der Waals surface area contributed by atoms with Gasteiger partial charge in [0.25, 0.3) is 13.4 Å². The van der Waals surface area contributed by atoms with Crippen LogP contribution in [0, 0.1) is 125 Å². The van der Waals surface area contributed by atoms with E-state index in [9.17, 15) is 0 Å². The van der Waals surface area contributed by atoms with Crippen LogP contribution in [0.5, 0.6) is 0 Å². The summed E-state index contributed by atoms with van der Waals surface area (Å²) in [5.74, 6) is 0. The second-order valence-corrected chi connectivity index (χ2v) is 23.0. The van der Waals surface area contributed by atoms with Crippen molar-refractivity contribution in [3.8, 4) is 9.75 Å². The van der Waals surface area contributed by atoms with E-state index in [1.165, 1.54) is 158 Å². The van der Waals surface area contributed by atoms with Crippen molar-refractivity contribution in [3.63, 3.8) is 0 Å². The van der Waals surface area contributed by atoms with E-state index in [1.54, 1.807) is 0 Å². The molecule has 0 nitrogen and oxygen atoms in total. The van der Waals surface area contributed by atoms with Crippen molar-refractivity contribution in [1.29, 1.82) is 0 Å². The molecule has 0 saturated carbocycles. The van der Waals surface area contributed by atoms with Gasteiger partial charge in [0.1, 0.15) is 0 Å². The van der Waals surface area contributed by atoms with E-state index in [0.717, 1.165) is 0 Å².